The van der Waals surface area contributed by atoms with Crippen molar-refractivity contribution in [2.24, 2.45) is 0 Å². The van der Waals surface area contributed by atoms with Gasteiger partial charge in [0.25, 0.3) is 0 Å². The van der Waals surface area contributed by atoms with E-state index in [1.165, 1.54) is 23.6 Å². The number of likely N-dealkylation sites (tertiary alicyclic amines) is 1. The van der Waals surface area contributed by atoms with Crippen molar-refractivity contribution < 1.29 is 27.5 Å². The van der Waals surface area contributed by atoms with Crippen molar-refractivity contribution >= 4 is 40.5 Å². The van der Waals surface area contributed by atoms with E-state index >= 15 is 0 Å². The Kier molecular flexibility index (Phi) is 10.7. The van der Waals surface area contributed by atoms with Crippen LogP contribution < -0.4 is 4.90 Å². The summed E-state index contributed by atoms with van der Waals surface area (Å²) < 4.78 is 45.8. The van der Waals surface area contributed by atoms with Gasteiger partial charge in [0, 0.05) is 60.8 Å². The first-order valence-electron chi connectivity index (χ1n) is 15.1. The largest absolute Gasteiger partial charge is 0.466 e. The van der Waals surface area contributed by atoms with Crippen molar-refractivity contribution in [3.63, 3.8) is 0 Å². The van der Waals surface area contributed by atoms with Crippen molar-refractivity contribution in [3.05, 3.63) is 56.8 Å². The molecule has 2 fully saturated rings. The fourth-order valence-electron chi connectivity index (χ4n) is 5.65. The quantitative estimate of drug-likeness (QED) is 0.188. The van der Waals surface area contributed by atoms with E-state index in [9.17, 15) is 22.8 Å². The van der Waals surface area contributed by atoms with Crippen molar-refractivity contribution in [1.82, 2.24) is 24.8 Å². The van der Waals surface area contributed by atoms with Gasteiger partial charge in [-0.1, -0.05) is 11.6 Å². The van der Waals surface area contributed by atoms with Crippen LogP contribution in [-0.2, 0) is 28.7 Å². The van der Waals surface area contributed by atoms with Gasteiger partial charge in [-0.05, 0) is 51.4 Å². The minimum atomic E-state index is -4.55. The first-order chi connectivity index (χ1) is 21.5. The number of benzene rings is 1. The lowest BCUT2D eigenvalue weighted by molar-refractivity contribution is -0.143. The highest BCUT2D eigenvalue weighted by atomic mass is 35.5. The zero-order chi connectivity index (χ0) is 32.1. The minimum Gasteiger partial charge on any atom is -0.466 e. The number of esters is 1. The first-order valence-corrected chi connectivity index (χ1v) is 16.3. The molecule has 14 heteroatoms. The molecule has 0 N–H and O–H groups in total. The van der Waals surface area contributed by atoms with Gasteiger partial charge in [0.05, 0.1) is 43.1 Å². The van der Waals surface area contributed by atoms with Gasteiger partial charge in [0.2, 0.25) is 0 Å². The van der Waals surface area contributed by atoms with E-state index in [4.69, 9.17) is 16.3 Å². The fourth-order valence-corrected chi connectivity index (χ4v) is 7.00. The number of thiazole rings is 1. The third kappa shape index (κ3) is 8.57. The lowest BCUT2D eigenvalue weighted by Gasteiger charge is -2.35. The molecule has 1 atom stereocenters. The number of ether oxygens (including phenoxy) is 1. The normalized spacial score (nSPS) is 18.0. The van der Waals surface area contributed by atoms with Gasteiger partial charge in [-0.15, -0.1) is 11.3 Å². The summed E-state index contributed by atoms with van der Waals surface area (Å²) >= 11 is 7.44. The number of halogens is 4. The zero-order valence-corrected chi connectivity index (χ0v) is 26.8. The molecule has 2 aliphatic rings. The number of carbonyl (C=O) groups is 2. The van der Waals surface area contributed by atoms with E-state index in [0.717, 1.165) is 49.5 Å². The summed E-state index contributed by atoms with van der Waals surface area (Å²) in [5.74, 6) is 0.190. The van der Waals surface area contributed by atoms with Crippen LogP contribution in [0.3, 0.4) is 0 Å². The molecule has 0 radical (unpaired) electrons. The SMILES string of the molecule is CCOC(=O)CCN1CCN(c2cnc(C(=O)Cc3nc(-c4cc(Cl)cc(C(F)(F)F)c4)c(CN4CCC[C@H]4C)s3)cn2)CC1. The van der Waals surface area contributed by atoms with Gasteiger partial charge < -0.3 is 9.64 Å². The van der Waals surface area contributed by atoms with E-state index < -0.39 is 11.7 Å². The van der Waals surface area contributed by atoms with Crippen LogP contribution in [0.25, 0.3) is 11.3 Å². The second kappa shape index (κ2) is 14.5. The average Bonchev–Trinajstić information content (AvgIpc) is 3.61. The molecule has 0 amide bonds. The van der Waals surface area contributed by atoms with Crippen LogP contribution in [0.15, 0.2) is 30.6 Å². The summed E-state index contributed by atoms with van der Waals surface area (Å²) in [5.41, 5.74) is 0.0412. The topological polar surface area (TPSA) is 91.8 Å². The Hall–Kier alpha value is -3.13. The molecule has 0 saturated carbocycles. The summed E-state index contributed by atoms with van der Waals surface area (Å²) in [7, 11) is 0. The maximum Gasteiger partial charge on any atom is 0.416 e. The Balaban J connectivity index is 1.27. The fraction of sp³-hybridized carbons (Fsp3) is 0.516. The van der Waals surface area contributed by atoms with Gasteiger partial charge in [-0.25, -0.2) is 15.0 Å². The number of rotatable bonds is 11. The lowest BCUT2D eigenvalue weighted by Crippen LogP contribution is -2.47. The molecule has 9 nitrogen and oxygen atoms in total. The van der Waals surface area contributed by atoms with Crippen LogP contribution in [0.1, 0.15) is 59.0 Å². The number of piperazine rings is 1. The molecular formula is C31H36ClF3N6O3S. The maximum atomic E-state index is 13.6. The molecule has 4 heterocycles. The Bertz CT molecular complexity index is 1490. The third-order valence-corrected chi connectivity index (χ3v) is 9.41. The number of hydrogen-bond acceptors (Lipinski definition) is 10. The standard InChI is InChI=1S/C31H36ClF3N6O3S/c1-3-44-29(43)6-8-39-9-11-40(12-10-39)27-18-36-24(17-37-27)25(42)16-28-38-30(26(45-28)19-41-7-4-5-20(41)2)21-13-22(31(33,34)35)15-23(32)14-21/h13-15,17-18,20H,3-12,16,19H2,1-2H3/t20-/m1/s1. The Morgan fingerprint density at radius 1 is 1.09 bits per heavy atom. The molecule has 242 valence electrons. The van der Waals surface area contributed by atoms with E-state index in [0.29, 0.717) is 61.8 Å². The number of alkyl halides is 3. The molecule has 0 unspecified atom stereocenters. The number of Topliss-reactive ketones (excluding diaryl/α,β-unsaturated/α-hetero) is 1. The molecule has 2 saturated heterocycles. The van der Waals surface area contributed by atoms with Crippen LogP contribution in [-0.4, -0.2) is 88.4 Å². The Labute approximate surface area is 269 Å². The maximum absolute atomic E-state index is 13.6. The number of hydrogen-bond donors (Lipinski definition) is 0. The van der Waals surface area contributed by atoms with Gasteiger partial charge in [0.1, 0.15) is 16.5 Å². The number of anilines is 1. The first kappa shape index (κ1) is 33.2. The van der Waals surface area contributed by atoms with Crippen LogP contribution in [0.4, 0.5) is 19.0 Å². The number of ketones is 1. The molecule has 2 aliphatic heterocycles. The average molecular weight is 665 g/mol. The molecule has 45 heavy (non-hydrogen) atoms. The molecule has 3 aromatic rings. The number of carbonyl (C=O) groups excluding carboxylic acids is 2. The van der Waals surface area contributed by atoms with Crippen LogP contribution in [0, 0.1) is 0 Å². The Morgan fingerprint density at radius 3 is 2.51 bits per heavy atom. The van der Waals surface area contributed by atoms with Gasteiger partial charge >= 0.3 is 12.1 Å². The second-order valence-electron chi connectivity index (χ2n) is 11.3. The summed E-state index contributed by atoms with van der Waals surface area (Å²) in [5, 5.41) is 0.467. The molecule has 1 aromatic carbocycles. The van der Waals surface area contributed by atoms with Crippen molar-refractivity contribution in [2.45, 2.75) is 58.3 Å². The van der Waals surface area contributed by atoms with Crippen molar-refractivity contribution in [2.75, 3.05) is 50.8 Å². The van der Waals surface area contributed by atoms with E-state index in [-0.39, 0.29) is 34.5 Å². The second-order valence-corrected chi connectivity index (χ2v) is 12.9. The van der Waals surface area contributed by atoms with Gasteiger partial charge in [-0.2, -0.15) is 13.2 Å². The van der Waals surface area contributed by atoms with Crippen LogP contribution in [0.2, 0.25) is 5.02 Å². The molecule has 0 bridgehead atoms. The lowest BCUT2D eigenvalue weighted by atomic mass is 10.1. The van der Waals surface area contributed by atoms with Gasteiger partial charge in [0.15, 0.2) is 5.78 Å². The van der Waals surface area contributed by atoms with E-state index in [1.807, 2.05) is 0 Å². The Morgan fingerprint density at radius 2 is 1.87 bits per heavy atom. The highest BCUT2D eigenvalue weighted by molar-refractivity contribution is 7.12. The molecule has 0 spiro atoms. The van der Waals surface area contributed by atoms with E-state index in [1.54, 1.807) is 13.1 Å². The molecule has 5 rings (SSSR count). The molecular weight excluding hydrogens is 629 g/mol. The minimum absolute atomic E-state index is 0.0283. The molecule has 2 aromatic heterocycles. The molecule has 0 aliphatic carbocycles. The highest BCUT2D eigenvalue weighted by Crippen LogP contribution is 2.38. The van der Waals surface area contributed by atoms with Gasteiger partial charge in [-0.3, -0.25) is 19.4 Å². The summed E-state index contributed by atoms with van der Waals surface area (Å²) in [6.07, 6.45) is 0.897. The smallest absolute Gasteiger partial charge is 0.416 e. The number of aromatic nitrogens is 3. The summed E-state index contributed by atoms with van der Waals surface area (Å²) in [6, 6.07) is 3.79. The predicted octanol–water partition coefficient (Wildman–Crippen LogP) is 5.76. The predicted molar refractivity (Wildman–Crippen MR) is 167 cm³/mol. The summed E-state index contributed by atoms with van der Waals surface area (Å²) in [4.78, 5) is 45.8. The van der Waals surface area contributed by atoms with Crippen LogP contribution in [0.5, 0.6) is 0 Å². The van der Waals surface area contributed by atoms with E-state index in [2.05, 4.69) is 36.6 Å². The number of nitrogens with zero attached hydrogens (tertiary/aromatic N) is 6. The third-order valence-electron chi connectivity index (χ3n) is 8.15. The zero-order valence-electron chi connectivity index (χ0n) is 25.3. The van der Waals surface area contributed by atoms with Crippen LogP contribution >= 0.6 is 22.9 Å². The highest BCUT2D eigenvalue weighted by Gasteiger charge is 2.32. The van der Waals surface area contributed by atoms with Crippen molar-refractivity contribution in [3.8, 4) is 11.3 Å². The van der Waals surface area contributed by atoms with Crippen molar-refractivity contribution in [1.29, 1.82) is 0 Å². The monoisotopic (exact) mass is 664 g/mol. The summed E-state index contributed by atoms with van der Waals surface area (Å²) in [6.45, 7) is 9.32.